The zero-order valence-corrected chi connectivity index (χ0v) is 15.0. The van der Waals surface area contributed by atoms with E-state index in [4.69, 9.17) is 14.6 Å². The van der Waals surface area contributed by atoms with E-state index in [0.717, 1.165) is 16.7 Å². The molecule has 6 heteroatoms. The number of carbonyl (C=O) groups is 2. The molecule has 138 valence electrons. The molecule has 0 aliphatic rings. The molecule has 0 atom stereocenters. The minimum atomic E-state index is -1.01. The Morgan fingerprint density at radius 3 is 2.38 bits per heavy atom. The second-order valence-corrected chi connectivity index (χ2v) is 5.98. The second kappa shape index (κ2) is 9.46. The quantitative estimate of drug-likeness (QED) is 0.720. The van der Waals surface area contributed by atoms with Crippen LogP contribution in [-0.4, -0.2) is 36.7 Å². The molecule has 0 unspecified atom stereocenters. The van der Waals surface area contributed by atoms with Crippen LogP contribution < -0.4 is 14.8 Å². The number of carboxylic acid groups (broad SMARTS) is 1. The predicted octanol–water partition coefficient (Wildman–Crippen LogP) is 2.50. The van der Waals surface area contributed by atoms with Gasteiger partial charge in [0.15, 0.2) is 13.2 Å². The zero-order chi connectivity index (χ0) is 18.9. The number of carbonyl (C=O) groups excluding carboxylic acids is 1. The van der Waals surface area contributed by atoms with Gasteiger partial charge in [0.1, 0.15) is 11.5 Å². The van der Waals surface area contributed by atoms with Crippen LogP contribution >= 0.6 is 0 Å². The minimum Gasteiger partial charge on any atom is -0.484 e. The molecule has 2 aromatic carbocycles. The summed E-state index contributed by atoms with van der Waals surface area (Å²) >= 11 is 0. The Morgan fingerprint density at radius 1 is 1.00 bits per heavy atom. The largest absolute Gasteiger partial charge is 0.484 e. The van der Waals surface area contributed by atoms with E-state index in [1.807, 2.05) is 44.2 Å². The topological polar surface area (TPSA) is 84.9 Å². The summed E-state index contributed by atoms with van der Waals surface area (Å²) in [4.78, 5) is 22.3. The molecular formula is C20H23NO5. The monoisotopic (exact) mass is 357 g/mol. The van der Waals surface area contributed by atoms with Crippen LogP contribution in [0.2, 0.25) is 0 Å². The fourth-order valence-corrected chi connectivity index (χ4v) is 2.40. The molecule has 0 aliphatic carbocycles. The molecule has 0 aromatic heterocycles. The van der Waals surface area contributed by atoms with E-state index in [0.29, 0.717) is 24.5 Å². The minimum absolute atomic E-state index is 0.0220. The molecule has 0 radical (unpaired) electrons. The molecule has 2 N–H and O–H groups in total. The number of carboxylic acids is 1. The van der Waals surface area contributed by atoms with Crippen molar-refractivity contribution in [1.82, 2.24) is 5.32 Å². The van der Waals surface area contributed by atoms with Crippen molar-refractivity contribution in [2.75, 3.05) is 19.8 Å². The number of benzene rings is 2. The Hall–Kier alpha value is -3.02. The highest BCUT2D eigenvalue weighted by atomic mass is 16.5. The van der Waals surface area contributed by atoms with Gasteiger partial charge in [-0.3, -0.25) is 4.79 Å². The lowest BCUT2D eigenvalue weighted by molar-refractivity contribution is -0.139. The molecule has 0 bridgehead atoms. The van der Waals surface area contributed by atoms with E-state index < -0.39 is 5.97 Å². The molecule has 0 aliphatic heterocycles. The van der Waals surface area contributed by atoms with Gasteiger partial charge >= 0.3 is 5.97 Å². The van der Waals surface area contributed by atoms with E-state index >= 15 is 0 Å². The van der Waals surface area contributed by atoms with Gasteiger partial charge in [-0.25, -0.2) is 4.79 Å². The number of hydrogen-bond donors (Lipinski definition) is 2. The van der Waals surface area contributed by atoms with Crippen LogP contribution in [0.5, 0.6) is 11.5 Å². The number of ether oxygens (including phenoxy) is 2. The average Bonchev–Trinajstić information content (AvgIpc) is 2.60. The van der Waals surface area contributed by atoms with Gasteiger partial charge in [0, 0.05) is 6.54 Å². The number of amides is 1. The molecule has 0 saturated heterocycles. The summed E-state index contributed by atoms with van der Waals surface area (Å²) in [5.41, 5.74) is 3.17. The predicted molar refractivity (Wildman–Crippen MR) is 97.7 cm³/mol. The van der Waals surface area contributed by atoms with Crippen LogP contribution in [0.25, 0.3) is 0 Å². The third-order valence-electron chi connectivity index (χ3n) is 3.71. The molecule has 0 heterocycles. The summed E-state index contributed by atoms with van der Waals surface area (Å²) in [6, 6.07) is 12.9. The fraction of sp³-hybridized carbons (Fsp3) is 0.300. The number of nitrogens with one attached hydrogen (secondary N) is 1. The van der Waals surface area contributed by atoms with Crippen molar-refractivity contribution in [3.8, 4) is 11.5 Å². The summed E-state index contributed by atoms with van der Waals surface area (Å²) in [5.74, 6) is 0.0241. The molecule has 1 amide bonds. The number of aryl methyl sites for hydroxylation is 2. The summed E-state index contributed by atoms with van der Waals surface area (Å²) in [7, 11) is 0. The van der Waals surface area contributed by atoms with Gasteiger partial charge in [-0.1, -0.05) is 29.8 Å². The Balaban J connectivity index is 1.70. The van der Waals surface area contributed by atoms with E-state index in [1.165, 1.54) is 0 Å². The fourth-order valence-electron chi connectivity index (χ4n) is 2.40. The summed E-state index contributed by atoms with van der Waals surface area (Å²) in [5, 5.41) is 11.4. The van der Waals surface area contributed by atoms with Crippen molar-refractivity contribution in [2.45, 2.75) is 20.3 Å². The van der Waals surface area contributed by atoms with E-state index in [2.05, 4.69) is 5.32 Å². The van der Waals surface area contributed by atoms with Crippen molar-refractivity contribution >= 4 is 11.9 Å². The van der Waals surface area contributed by atoms with E-state index in [1.54, 1.807) is 12.1 Å². The van der Waals surface area contributed by atoms with Crippen LogP contribution in [0.1, 0.15) is 16.7 Å². The van der Waals surface area contributed by atoms with Gasteiger partial charge in [-0.2, -0.15) is 0 Å². The van der Waals surface area contributed by atoms with Gasteiger partial charge in [-0.15, -0.1) is 0 Å². The van der Waals surface area contributed by atoms with Gasteiger partial charge in [0.25, 0.3) is 5.91 Å². The number of aliphatic carboxylic acids is 1. The molecule has 0 spiro atoms. The third-order valence-corrected chi connectivity index (χ3v) is 3.71. The first kappa shape index (κ1) is 19.3. The van der Waals surface area contributed by atoms with Crippen molar-refractivity contribution in [3.05, 3.63) is 59.2 Å². The van der Waals surface area contributed by atoms with Crippen LogP contribution in [0.15, 0.2) is 42.5 Å². The molecule has 0 fully saturated rings. The van der Waals surface area contributed by atoms with Crippen molar-refractivity contribution in [1.29, 1.82) is 0 Å². The maximum Gasteiger partial charge on any atom is 0.341 e. The maximum absolute atomic E-state index is 11.9. The summed E-state index contributed by atoms with van der Waals surface area (Å²) < 4.78 is 10.6. The lowest BCUT2D eigenvalue weighted by atomic mass is 10.1. The normalized spacial score (nSPS) is 10.2. The van der Waals surface area contributed by atoms with E-state index in [-0.39, 0.29) is 19.1 Å². The molecule has 26 heavy (non-hydrogen) atoms. The first-order valence-corrected chi connectivity index (χ1v) is 8.34. The lowest BCUT2D eigenvalue weighted by Crippen LogP contribution is -2.30. The van der Waals surface area contributed by atoms with Crippen LogP contribution in [-0.2, 0) is 16.0 Å². The molecule has 0 saturated carbocycles. The first-order valence-electron chi connectivity index (χ1n) is 8.34. The smallest absolute Gasteiger partial charge is 0.341 e. The van der Waals surface area contributed by atoms with Crippen LogP contribution in [0.4, 0.5) is 0 Å². The van der Waals surface area contributed by atoms with Gasteiger partial charge in [-0.05, 0) is 49.6 Å². The molecular weight excluding hydrogens is 334 g/mol. The highest BCUT2D eigenvalue weighted by Crippen LogP contribution is 2.18. The zero-order valence-electron chi connectivity index (χ0n) is 15.0. The van der Waals surface area contributed by atoms with Crippen molar-refractivity contribution in [3.63, 3.8) is 0 Å². The number of hydrogen-bond acceptors (Lipinski definition) is 4. The Bertz CT molecular complexity index is 755. The summed E-state index contributed by atoms with van der Waals surface area (Å²) in [6.07, 6.45) is 0.661. The highest BCUT2D eigenvalue weighted by molar-refractivity contribution is 5.77. The van der Waals surface area contributed by atoms with Crippen LogP contribution in [0, 0.1) is 13.8 Å². The molecule has 2 aromatic rings. The van der Waals surface area contributed by atoms with Gasteiger partial charge in [0.05, 0.1) is 0 Å². The maximum atomic E-state index is 11.9. The Kier molecular flexibility index (Phi) is 7.02. The highest BCUT2D eigenvalue weighted by Gasteiger charge is 2.05. The molecule has 2 rings (SSSR count). The average molecular weight is 357 g/mol. The standard InChI is InChI=1S/C20H23NO5/c1-14-3-8-18(15(2)11-14)26-12-19(22)21-10-9-16-4-6-17(7-5-16)25-13-20(23)24/h3-8,11H,9-10,12-13H2,1-2H3,(H,21,22)(H,23,24). The first-order chi connectivity index (χ1) is 12.4. The summed E-state index contributed by atoms with van der Waals surface area (Å²) in [6.45, 7) is 4.06. The lowest BCUT2D eigenvalue weighted by Gasteiger charge is -2.10. The second-order valence-electron chi connectivity index (χ2n) is 5.98. The SMILES string of the molecule is Cc1ccc(OCC(=O)NCCc2ccc(OCC(=O)O)cc2)c(C)c1. The van der Waals surface area contributed by atoms with Crippen molar-refractivity contribution < 1.29 is 24.2 Å². The van der Waals surface area contributed by atoms with Gasteiger partial charge < -0.3 is 19.9 Å². The Labute approximate surface area is 152 Å². The van der Waals surface area contributed by atoms with E-state index in [9.17, 15) is 9.59 Å². The van der Waals surface area contributed by atoms with Crippen molar-refractivity contribution in [2.24, 2.45) is 0 Å². The molecule has 6 nitrogen and oxygen atoms in total. The Morgan fingerprint density at radius 2 is 1.73 bits per heavy atom. The number of rotatable bonds is 9. The van der Waals surface area contributed by atoms with Crippen LogP contribution in [0.3, 0.4) is 0 Å². The van der Waals surface area contributed by atoms with Gasteiger partial charge in [0.2, 0.25) is 0 Å². The third kappa shape index (κ3) is 6.47.